The van der Waals surface area contributed by atoms with Gasteiger partial charge in [0.05, 0.1) is 6.10 Å². The standard InChI is InChI=1S/C15H23NO/c1-12(2)17-9-5-8-16-15-10-13-6-3-4-7-14(13)11-15/h3-4,6-7,12,15-16H,5,8-11H2,1-2H3. The van der Waals surface area contributed by atoms with Crippen LogP contribution in [-0.2, 0) is 17.6 Å². The Morgan fingerprint density at radius 3 is 2.47 bits per heavy atom. The molecule has 0 radical (unpaired) electrons. The van der Waals surface area contributed by atoms with E-state index < -0.39 is 0 Å². The molecule has 0 heterocycles. The van der Waals surface area contributed by atoms with Gasteiger partial charge in [-0.3, -0.25) is 0 Å². The van der Waals surface area contributed by atoms with Crippen molar-refractivity contribution in [1.82, 2.24) is 5.32 Å². The van der Waals surface area contributed by atoms with E-state index in [1.807, 2.05) is 0 Å². The predicted molar refractivity (Wildman–Crippen MR) is 71.3 cm³/mol. The van der Waals surface area contributed by atoms with Crippen molar-refractivity contribution >= 4 is 0 Å². The topological polar surface area (TPSA) is 21.3 Å². The third-order valence-corrected chi connectivity index (χ3v) is 3.26. The van der Waals surface area contributed by atoms with Gasteiger partial charge in [0.2, 0.25) is 0 Å². The predicted octanol–water partition coefficient (Wildman–Crippen LogP) is 2.56. The molecular formula is C15H23NO. The molecule has 2 rings (SSSR count). The first-order valence-electron chi connectivity index (χ1n) is 6.67. The van der Waals surface area contributed by atoms with Gasteiger partial charge in [0.25, 0.3) is 0 Å². The van der Waals surface area contributed by atoms with Crippen molar-refractivity contribution in [2.75, 3.05) is 13.2 Å². The zero-order valence-corrected chi connectivity index (χ0v) is 10.9. The first-order valence-corrected chi connectivity index (χ1v) is 6.67. The summed E-state index contributed by atoms with van der Waals surface area (Å²) in [5.74, 6) is 0. The number of hydrogen-bond donors (Lipinski definition) is 1. The van der Waals surface area contributed by atoms with Gasteiger partial charge in [-0.25, -0.2) is 0 Å². The summed E-state index contributed by atoms with van der Waals surface area (Å²) in [5.41, 5.74) is 3.03. The third-order valence-electron chi connectivity index (χ3n) is 3.26. The molecule has 0 fully saturated rings. The third kappa shape index (κ3) is 3.83. The summed E-state index contributed by atoms with van der Waals surface area (Å²) in [4.78, 5) is 0. The Labute approximate surface area is 104 Å². The van der Waals surface area contributed by atoms with Gasteiger partial charge in [-0.05, 0) is 50.8 Å². The molecule has 94 valence electrons. The van der Waals surface area contributed by atoms with Gasteiger partial charge in [-0.1, -0.05) is 24.3 Å². The van der Waals surface area contributed by atoms with Crippen LogP contribution in [0.3, 0.4) is 0 Å². The van der Waals surface area contributed by atoms with Crippen LogP contribution < -0.4 is 5.32 Å². The number of nitrogens with one attached hydrogen (secondary N) is 1. The van der Waals surface area contributed by atoms with E-state index >= 15 is 0 Å². The molecule has 17 heavy (non-hydrogen) atoms. The summed E-state index contributed by atoms with van der Waals surface area (Å²) in [7, 11) is 0. The van der Waals surface area contributed by atoms with Crippen LogP contribution in [0, 0.1) is 0 Å². The summed E-state index contributed by atoms with van der Waals surface area (Å²) >= 11 is 0. The van der Waals surface area contributed by atoms with E-state index in [2.05, 4.69) is 43.4 Å². The highest BCUT2D eigenvalue weighted by atomic mass is 16.5. The van der Waals surface area contributed by atoms with Crippen LogP contribution in [0.1, 0.15) is 31.4 Å². The highest BCUT2D eigenvalue weighted by molar-refractivity contribution is 5.33. The average molecular weight is 233 g/mol. The molecule has 0 spiro atoms. The Morgan fingerprint density at radius 1 is 1.24 bits per heavy atom. The Hall–Kier alpha value is -0.860. The molecule has 1 aromatic carbocycles. The summed E-state index contributed by atoms with van der Waals surface area (Å²) < 4.78 is 5.53. The lowest BCUT2D eigenvalue weighted by Crippen LogP contribution is -2.31. The van der Waals surface area contributed by atoms with Crippen molar-refractivity contribution in [1.29, 1.82) is 0 Å². The molecule has 1 N–H and O–H groups in total. The molecule has 1 aliphatic rings. The maximum absolute atomic E-state index is 5.53. The van der Waals surface area contributed by atoms with Crippen molar-refractivity contribution < 1.29 is 4.74 Å². The van der Waals surface area contributed by atoms with Crippen molar-refractivity contribution in [2.45, 2.75) is 45.3 Å². The van der Waals surface area contributed by atoms with Gasteiger partial charge in [-0.2, -0.15) is 0 Å². The normalized spacial score (nSPS) is 15.5. The zero-order chi connectivity index (χ0) is 12.1. The van der Waals surface area contributed by atoms with Gasteiger partial charge < -0.3 is 10.1 Å². The van der Waals surface area contributed by atoms with E-state index in [1.54, 1.807) is 0 Å². The molecule has 0 amide bonds. The molecule has 2 heteroatoms. The van der Waals surface area contributed by atoms with Crippen molar-refractivity contribution in [3.63, 3.8) is 0 Å². The van der Waals surface area contributed by atoms with E-state index in [0.29, 0.717) is 12.1 Å². The molecule has 1 aliphatic carbocycles. The van der Waals surface area contributed by atoms with Crippen molar-refractivity contribution in [2.24, 2.45) is 0 Å². The summed E-state index contributed by atoms with van der Waals surface area (Å²) in [6.45, 7) is 6.10. The largest absolute Gasteiger partial charge is 0.379 e. The molecule has 0 aliphatic heterocycles. The van der Waals surface area contributed by atoms with Crippen molar-refractivity contribution in [3.05, 3.63) is 35.4 Å². The smallest absolute Gasteiger partial charge is 0.0518 e. The highest BCUT2D eigenvalue weighted by Gasteiger charge is 2.19. The second-order valence-electron chi connectivity index (χ2n) is 5.10. The van der Waals surface area contributed by atoms with Gasteiger partial charge in [0, 0.05) is 12.6 Å². The second-order valence-corrected chi connectivity index (χ2v) is 5.10. The fourth-order valence-electron chi connectivity index (χ4n) is 2.40. The van der Waals surface area contributed by atoms with Crippen LogP contribution in [0.5, 0.6) is 0 Å². The summed E-state index contributed by atoms with van der Waals surface area (Å²) in [6, 6.07) is 9.40. The number of hydrogen-bond acceptors (Lipinski definition) is 2. The average Bonchev–Trinajstić information content (AvgIpc) is 2.70. The fraction of sp³-hybridized carbons (Fsp3) is 0.600. The van der Waals surface area contributed by atoms with E-state index in [-0.39, 0.29) is 0 Å². The first kappa shape index (κ1) is 12.6. The van der Waals surface area contributed by atoms with Crippen LogP contribution in [0.25, 0.3) is 0 Å². The van der Waals surface area contributed by atoms with Crippen LogP contribution in [-0.4, -0.2) is 25.3 Å². The Bertz CT molecular complexity index is 324. The van der Waals surface area contributed by atoms with E-state index in [9.17, 15) is 0 Å². The van der Waals surface area contributed by atoms with Crippen LogP contribution in [0.4, 0.5) is 0 Å². The minimum Gasteiger partial charge on any atom is -0.379 e. The lowest BCUT2D eigenvalue weighted by Gasteiger charge is -2.12. The molecule has 0 saturated carbocycles. The molecule has 0 atom stereocenters. The van der Waals surface area contributed by atoms with Gasteiger partial charge in [-0.15, -0.1) is 0 Å². The highest BCUT2D eigenvalue weighted by Crippen LogP contribution is 2.21. The Kier molecular flexibility index (Phi) is 4.57. The second kappa shape index (κ2) is 6.18. The zero-order valence-electron chi connectivity index (χ0n) is 10.9. The molecule has 0 unspecified atom stereocenters. The van der Waals surface area contributed by atoms with Crippen molar-refractivity contribution in [3.8, 4) is 0 Å². The van der Waals surface area contributed by atoms with Gasteiger partial charge in [0.15, 0.2) is 0 Å². The van der Waals surface area contributed by atoms with Gasteiger partial charge >= 0.3 is 0 Å². The Balaban J connectivity index is 1.63. The molecule has 0 saturated heterocycles. The fourth-order valence-corrected chi connectivity index (χ4v) is 2.40. The number of benzene rings is 1. The lowest BCUT2D eigenvalue weighted by molar-refractivity contribution is 0.0767. The SMILES string of the molecule is CC(C)OCCCNC1Cc2ccccc2C1. The minimum atomic E-state index is 0.353. The summed E-state index contributed by atoms with van der Waals surface area (Å²) in [6.07, 6.45) is 3.82. The minimum absolute atomic E-state index is 0.353. The van der Waals surface area contributed by atoms with E-state index in [0.717, 1.165) is 19.6 Å². The number of rotatable bonds is 6. The van der Waals surface area contributed by atoms with Crippen LogP contribution in [0.2, 0.25) is 0 Å². The maximum Gasteiger partial charge on any atom is 0.0518 e. The first-order chi connectivity index (χ1) is 8.25. The Morgan fingerprint density at radius 2 is 1.88 bits per heavy atom. The van der Waals surface area contributed by atoms with Crippen LogP contribution in [0.15, 0.2) is 24.3 Å². The maximum atomic E-state index is 5.53. The van der Waals surface area contributed by atoms with E-state index in [1.165, 1.54) is 24.0 Å². The van der Waals surface area contributed by atoms with E-state index in [4.69, 9.17) is 4.74 Å². The summed E-state index contributed by atoms with van der Waals surface area (Å²) in [5, 5.41) is 3.62. The van der Waals surface area contributed by atoms with Gasteiger partial charge in [0.1, 0.15) is 0 Å². The molecular weight excluding hydrogens is 210 g/mol. The lowest BCUT2D eigenvalue weighted by atomic mass is 10.1. The number of ether oxygens (including phenoxy) is 1. The quantitative estimate of drug-likeness (QED) is 0.762. The molecule has 0 bridgehead atoms. The molecule has 2 nitrogen and oxygen atoms in total. The molecule has 0 aromatic heterocycles. The molecule has 1 aromatic rings. The number of fused-ring (bicyclic) bond motifs is 1. The van der Waals surface area contributed by atoms with Crippen LogP contribution >= 0.6 is 0 Å². The monoisotopic (exact) mass is 233 g/mol.